The first-order valence-corrected chi connectivity index (χ1v) is 15.5. The number of H-pyrrole nitrogens is 2. The first kappa shape index (κ1) is 28.1. The fourth-order valence-electron chi connectivity index (χ4n) is 7.10. The van der Waals surface area contributed by atoms with Crippen LogP contribution in [0.15, 0.2) is 85.2 Å². The normalized spacial score (nSPS) is 13.5. The Morgan fingerprint density at radius 2 is 0.881 bits per heavy atom. The summed E-state index contributed by atoms with van der Waals surface area (Å²) in [4.78, 5) is 7.33. The monoisotopic (exact) mass is 552 g/mol. The van der Waals surface area contributed by atoms with Gasteiger partial charge in [-0.3, -0.25) is 0 Å². The molecule has 2 N–H and O–H groups in total. The number of aromatic amines is 2. The maximum atomic E-state index is 3.66. The third-order valence-corrected chi connectivity index (χ3v) is 9.42. The van der Waals surface area contributed by atoms with Gasteiger partial charge in [0.1, 0.15) is 0 Å². The highest BCUT2D eigenvalue weighted by molar-refractivity contribution is 5.82. The van der Waals surface area contributed by atoms with Crippen molar-refractivity contribution in [2.24, 2.45) is 0 Å². The molecule has 0 amide bonds. The summed E-state index contributed by atoms with van der Waals surface area (Å²) >= 11 is 0. The fraction of sp³-hybridized carbons (Fsp3) is 0.300. The maximum Gasteiger partial charge on any atom is 0.0371 e. The lowest BCUT2D eigenvalue weighted by Gasteiger charge is -2.28. The van der Waals surface area contributed by atoms with Crippen LogP contribution in [0.2, 0.25) is 0 Å². The van der Waals surface area contributed by atoms with Crippen LogP contribution in [0.3, 0.4) is 0 Å². The Morgan fingerprint density at radius 1 is 0.476 bits per heavy atom. The second kappa shape index (κ2) is 11.0. The minimum Gasteiger partial charge on any atom is -0.364 e. The van der Waals surface area contributed by atoms with E-state index in [-0.39, 0.29) is 11.8 Å². The molecule has 4 aliphatic rings. The van der Waals surface area contributed by atoms with Crippen LogP contribution in [0.25, 0.3) is 22.3 Å². The Hall–Kier alpha value is -4.04. The van der Waals surface area contributed by atoms with Gasteiger partial charge in [-0.25, -0.2) is 0 Å². The molecule has 0 aromatic carbocycles. The van der Waals surface area contributed by atoms with Gasteiger partial charge in [-0.1, -0.05) is 76.2 Å². The van der Waals surface area contributed by atoms with Crippen LogP contribution in [0, 0.1) is 27.7 Å². The summed E-state index contributed by atoms with van der Waals surface area (Å²) in [6, 6.07) is 27.9. The van der Waals surface area contributed by atoms with Crippen LogP contribution in [0.4, 0.5) is 0 Å². The summed E-state index contributed by atoms with van der Waals surface area (Å²) in [6.45, 7) is 18.3. The number of hydrogen-bond donors (Lipinski definition) is 2. The van der Waals surface area contributed by atoms with Gasteiger partial charge < -0.3 is 9.97 Å². The van der Waals surface area contributed by atoms with Crippen LogP contribution in [0.1, 0.15) is 107 Å². The second-order valence-electron chi connectivity index (χ2n) is 13.0. The third-order valence-electron chi connectivity index (χ3n) is 9.42. The number of aryl methyl sites for hydroxylation is 4. The summed E-state index contributed by atoms with van der Waals surface area (Å²) in [5.74, 6) is 1.14. The van der Waals surface area contributed by atoms with E-state index in [4.69, 9.17) is 0 Å². The first-order chi connectivity index (χ1) is 20.2. The quantitative estimate of drug-likeness (QED) is 0.197. The van der Waals surface area contributed by atoms with Crippen LogP contribution in [0.5, 0.6) is 0 Å². The summed E-state index contributed by atoms with van der Waals surface area (Å²) in [5.41, 5.74) is 18.9. The van der Waals surface area contributed by atoms with E-state index in [9.17, 15) is 0 Å². The first-order valence-electron chi connectivity index (χ1n) is 15.5. The summed E-state index contributed by atoms with van der Waals surface area (Å²) in [6.07, 6.45) is 4.15. The van der Waals surface area contributed by atoms with Crippen LogP contribution < -0.4 is 0 Å². The molecule has 214 valence electrons. The number of nitrogens with one attached hydrogen (secondary N) is 2. The van der Waals surface area contributed by atoms with Crippen molar-refractivity contribution >= 4 is 0 Å². The lowest BCUT2D eigenvalue weighted by Crippen LogP contribution is -2.16. The zero-order valence-corrected chi connectivity index (χ0v) is 26.4. The Labute approximate surface area is 251 Å². The number of hydrogen-bond acceptors (Lipinski definition) is 0. The van der Waals surface area contributed by atoms with Gasteiger partial charge in [0, 0.05) is 35.6 Å². The molecule has 2 aromatic rings. The average molecular weight is 553 g/mol. The molecule has 2 aromatic heterocycles. The van der Waals surface area contributed by atoms with Gasteiger partial charge in [0.15, 0.2) is 0 Å². The van der Waals surface area contributed by atoms with Gasteiger partial charge in [-0.2, -0.15) is 0 Å². The molecular weight excluding hydrogens is 508 g/mol. The van der Waals surface area contributed by atoms with Gasteiger partial charge >= 0.3 is 0 Å². The standard InChI is InChI=1S/C40H44N2/c1-23(2)29-15-13-25(5)37-31(21-29)27(7)19-33(37)39(35-11-9-17-41-35)40(36-12-10-18-42-36)34-20-28(8)32-22-30(24(3)4)16-14-26(6)38(32)34/h9-24,39-42H,1-8H3/t39-,40+. The Balaban J connectivity index is 1.66. The van der Waals surface area contributed by atoms with Crippen molar-refractivity contribution in [2.75, 3.05) is 0 Å². The molecule has 6 rings (SSSR count). The highest BCUT2D eigenvalue weighted by Crippen LogP contribution is 2.52. The van der Waals surface area contributed by atoms with E-state index in [2.05, 4.69) is 151 Å². The zero-order valence-electron chi connectivity index (χ0n) is 26.4. The lowest BCUT2D eigenvalue weighted by atomic mass is 9.75. The SMILES string of the molecule is Cc1cc([C@@H](c2ccc[nH]2)[C@@H](c2ccc[nH]2)c2cc(C)c3cc(C(C)C)ccc(C)c2-3)c2c(C)ccc(C(C)C)cc1-2. The average Bonchev–Trinajstić information content (AvgIpc) is 3.72. The molecule has 2 heteroatoms. The van der Waals surface area contributed by atoms with E-state index < -0.39 is 0 Å². The molecule has 2 heterocycles. The van der Waals surface area contributed by atoms with E-state index in [1.807, 2.05) is 0 Å². The predicted molar refractivity (Wildman–Crippen MR) is 179 cm³/mol. The van der Waals surface area contributed by atoms with Crippen molar-refractivity contribution in [3.05, 3.63) is 141 Å². The van der Waals surface area contributed by atoms with Crippen molar-refractivity contribution in [1.29, 1.82) is 0 Å². The van der Waals surface area contributed by atoms with E-state index >= 15 is 0 Å². The zero-order chi connectivity index (χ0) is 29.7. The third kappa shape index (κ3) is 4.77. The molecule has 0 saturated heterocycles. The minimum absolute atomic E-state index is 0.0953. The fourth-order valence-corrected chi connectivity index (χ4v) is 7.10. The highest BCUT2D eigenvalue weighted by atomic mass is 14.7. The van der Waals surface area contributed by atoms with Gasteiger partial charge in [0.2, 0.25) is 0 Å². The molecule has 0 unspecified atom stereocenters. The van der Waals surface area contributed by atoms with Crippen molar-refractivity contribution in [3.8, 4) is 22.3 Å². The Morgan fingerprint density at radius 3 is 1.21 bits per heavy atom. The topological polar surface area (TPSA) is 31.6 Å². The molecule has 2 nitrogen and oxygen atoms in total. The smallest absolute Gasteiger partial charge is 0.0371 e. The largest absolute Gasteiger partial charge is 0.364 e. The van der Waals surface area contributed by atoms with Gasteiger partial charge in [-0.05, 0) is 131 Å². The Kier molecular flexibility index (Phi) is 7.35. The molecule has 0 radical (unpaired) electrons. The van der Waals surface area contributed by atoms with E-state index in [1.165, 1.54) is 78.1 Å². The molecule has 0 fully saturated rings. The van der Waals surface area contributed by atoms with Crippen molar-refractivity contribution in [3.63, 3.8) is 0 Å². The molecule has 2 atom stereocenters. The second-order valence-corrected chi connectivity index (χ2v) is 13.0. The van der Waals surface area contributed by atoms with Crippen molar-refractivity contribution in [2.45, 2.75) is 79.1 Å². The van der Waals surface area contributed by atoms with Gasteiger partial charge in [-0.15, -0.1) is 0 Å². The predicted octanol–water partition coefficient (Wildman–Crippen LogP) is 11.0. The molecule has 0 bridgehead atoms. The van der Waals surface area contributed by atoms with Gasteiger partial charge in [0.05, 0.1) is 0 Å². The van der Waals surface area contributed by atoms with Crippen molar-refractivity contribution < 1.29 is 0 Å². The molecule has 0 saturated carbocycles. The maximum absolute atomic E-state index is 3.66. The van der Waals surface area contributed by atoms with Crippen LogP contribution in [-0.2, 0) is 0 Å². The molecule has 0 spiro atoms. The molecule has 4 aliphatic carbocycles. The summed E-state index contributed by atoms with van der Waals surface area (Å²) in [7, 11) is 0. The Bertz CT molecular complexity index is 1630. The summed E-state index contributed by atoms with van der Waals surface area (Å²) < 4.78 is 0. The number of rotatable bonds is 7. The molecular formula is C40H44N2. The summed E-state index contributed by atoms with van der Waals surface area (Å²) in [5, 5.41) is 0. The highest BCUT2D eigenvalue weighted by Gasteiger charge is 2.36. The molecule has 42 heavy (non-hydrogen) atoms. The minimum atomic E-state index is 0.0953. The van der Waals surface area contributed by atoms with E-state index in [1.54, 1.807) is 0 Å². The van der Waals surface area contributed by atoms with Crippen LogP contribution in [-0.4, -0.2) is 9.97 Å². The van der Waals surface area contributed by atoms with Crippen LogP contribution >= 0.6 is 0 Å². The van der Waals surface area contributed by atoms with Gasteiger partial charge in [0.25, 0.3) is 0 Å². The lowest BCUT2D eigenvalue weighted by molar-refractivity contribution is 0.669. The number of fused-ring (bicyclic) bond motifs is 2. The number of aromatic nitrogens is 2. The van der Waals surface area contributed by atoms with E-state index in [0.29, 0.717) is 11.8 Å². The van der Waals surface area contributed by atoms with Crippen molar-refractivity contribution in [1.82, 2.24) is 9.97 Å². The van der Waals surface area contributed by atoms with E-state index in [0.717, 1.165) is 0 Å². The molecule has 0 aliphatic heterocycles.